The maximum absolute atomic E-state index is 5.70. The van der Waals surface area contributed by atoms with Gasteiger partial charge in [-0.05, 0) is 0 Å². The Kier molecular flexibility index (Phi) is 3.35. The van der Waals surface area contributed by atoms with Crippen LogP contribution in [0.4, 0.5) is 0 Å². The second-order valence-electron chi connectivity index (χ2n) is 1.67. The van der Waals surface area contributed by atoms with Crippen molar-refractivity contribution in [2.45, 2.75) is 0 Å². The van der Waals surface area contributed by atoms with Crippen molar-refractivity contribution in [3.05, 3.63) is 29.3 Å². The van der Waals surface area contributed by atoms with E-state index in [2.05, 4.69) is 0 Å². The number of halogens is 3. The minimum absolute atomic E-state index is 0.712. The average Bonchev–Trinajstić information content (AvgIpc) is 1.88. The molecule has 0 aliphatic carbocycles. The third kappa shape index (κ3) is 2.34. The van der Waals surface area contributed by atoms with Gasteiger partial charge < -0.3 is 0 Å². The molecular weight excluding hydrogens is 257 g/mol. The summed E-state index contributed by atoms with van der Waals surface area (Å²) in [6.45, 7) is 0. The minimum atomic E-state index is -1.54. The monoisotopic (exact) mass is 261 g/mol. The van der Waals surface area contributed by atoms with E-state index in [9.17, 15) is 0 Å². The molecule has 54 valence electrons. The van der Waals surface area contributed by atoms with Gasteiger partial charge >= 0.3 is 77.6 Å². The molecular formula is C6H4Cl3Se+. The van der Waals surface area contributed by atoms with E-state index in [1.807, 2.05) is 12.1 Å². The molecule has 0 aromatic heterocycles. The molecule has 0 fully saturated rings. The molecule has 1 aromatic rings. The summed E-state index contributed by atoms with van der Waals surface area (Å²) in [7, 11) is 11.4. The SMILES string of the molecule is Clc1ccc([Se+](Cl)Cl)cc1. The van der Waals surface area contributed by atoms with Crippen LogP contribution in [-0.2, 0) is 0 Å². The van der Waals surface area contributed by atoms with E-state index in [4.69, 9.17) is 31.8 Å². The zero-order valence-electron chi connectivity index (χ0n) is 4.85. The Balaban J connectivity index is 2.89. The Hall–Kier alpha value is 0.609. The second-order valence-corrected chi connectivity index (χ2v) is 8.01. The molecule has 0 saturated heterocycles. The Morgan fingerprint density at radius 2 is 1.50 bits per heavy atom. The van der Waals surface area contributed by atoms with Crippen molar-refractivity contribution in [2.24, 2.45) is 0 Å². The number of rotatable bonds is 1. The molecule has 4 heteroatoms. The summed E-state index contributed by atoms with van der Waals surface area (Å²) in [5, 5.41) is 0.712. The van der Waals surface area contributed by atoms with Crippen LogP contribution in [0.1, 0.15) is 0 Å². The van der Waals surface area contributed by atoms with E-state index in [-0.39, 0.29) is 0 Å². The van der Waals surface area contributed by atoms with E-state index in [0.29, 0.717) is 5.02 Å². The zero-order valence-corrected chi connectivity index (χ0v) is 8.83. The van der Waals surface area contributed by atoms with Crippen LogP contribution in [0.15, 0.2) is 24.3 Å². The normalized spacial score (nSPS) is 10.4. The molecule has 0 heterocycles. The fourth-order valence-corrected chi connectivity index (χ4v) is 2.45. The van der Waals surface area contributed by atoms with Gasteiger partial charge in [-0.3, -0.25) is 0 Å². The summed E-state index contributed by atoms with van der Waals surface area (Å²) in [6, 6.07) is 7.29. The van der Waals surface area contributed by atoms with Gasteiger partial charge in [0.25, 0.3) is 0 Å². The van der Waals surface area contributed by atoms with Gasteiger partial charge in [0.15, 0.2) is 0 Å². The molecule has 1 aromatic carbocycles. The van der Waals surface area contributed by atoms with Crippen molar-refractivity contribution in [3.8, 4) is 0 Å². The van der Waals surface area contributed by atoms with Crippen LogP contribution in [0.5, 0.6) is 0 Å². The van der Waals surface area contributed by atoms with Gasteiger partial charge in [0, 0.05) is 0 Å². The van der Waals surface area contributed by atoms with Crippen LogP contribution in [-0.4, -0.2) is 12.1 Å². The first kappa shape index (κ1) is 8.70. The molecule has 0 aliphatic heterocycles. The van der Waals surface area contributed by atoms with Gasteiger partial charge in [0.1, 0.15) is 0 Å². The first-order chi connectivity index (χ1) is 4.70. The predicted molar refractivity (Wildman–Crippen MR) is 48.5 cm³/mol. The van der Waals surface area contributed by atoms with Crippen LogP contribution in [0.2, 0.25) is 5.02 Å². The zero-order chi connectivity index (χ0) is 7.56. The summed E-state index contributed by atoms with van der Waals surface area (Å²) in [6.07, 6.45) is 0. The second kappa shape index (κ2) is 3.85. The van der Waals surface area contributed by atoms with Gasteiger partial charge in [-0.15, -0.1) is 0 Å². The molecule has 1 rings (SSSR count). The van der Waals surface area contributed by atoms with Gasteiger partial charge in [0.05, 0.1) is 0 Å². The van der Waals surface area contributed by atoms with Crippen molar-refractivity contribution < 1.29 is 0 Å². The molecule has 0 amide bonds. The van der Waals surface area contributed by atoms with Crippen molar-refractivity contribution in [2.75, 3.05) is 0 Å². The van der Waals surface area contributed by atoms with Gasteiger partial charge in [-0.25, -0.2) is 0 Å². The number of hydrogen-bond acceptors (Lipinski definition) is 0. The molecule has 0 N–H and O–H groups in total. The molecule has 0 unspecified atom stereocenters. The van der Waals surface area contributed by atoms with Crippen LogP contribution in [0.25, 0.3) is 0 Å². The number of hydrogen-bond donors (Lipinski definition) is 0. The molecule has 10 heavy (non-hydrogen) atoms. The van der Waals surface area contributed by atoms with E-state index < -0.39 is 12.1 Å². The Bertz CT molecular complexity index is 207. The van der Waals surface area contributed by atoms with Crippen molar-refractivity contribution in [3.63, 3.8) is 0 Å². The van der Waals surface area contributed by atoms with Crippen molar-refractivity contribution in [1.82, 2.24) is 0 Å². The summed E-state index contributed by atoms with van der Waals surface area (Å²) in [5.74, 6) is 0. The average molecular weight is 261 g/mol. The van der Waals surface area contributed by atoms with E-state index in [1.165, 1.54) is 0 Å². The molecule has 0 atom stereocenters. The van der Waals surface area contributed by atoms with Crippen LogP contribution in [0.3, 0.4) is 0 Å². The summed E-state index contributed by atoms with van der Waals surface area (Å²) >= 11 is 4.10. The first-order valence-electron chi connectivity index (χ1n) is 2.52. The number of benzene rings is 1. The van der Waals surface area contributed by atoms with Gasteiger partial charge in [0.2, 0.25) is 0 Å². The Morgan fingerprint density at radius 1 is 1.00 bits per heavy atom. The fourth-order valence-electron chi connectivity index (χ4n) is 0.537. The first-order valence-corrected chi connectivity index (χ1v) is 8.26. The molecule has 0 spiro atoms. The molecule has 0 saturated carbocycles. The van der Waals surface area contributed by atoms with Crippen molar-refractivity contribution in [1.29, 1.82) is 0 Å². The van der Waals surface area contributed by atoms with E-state index in [0.717, 1.165) is 4.46 Å². The third-order valence-corrected chi connectivity index (χ3v) is 4.41. The van der Waals surface area contributed by atoms with Gasteiger partial charge in [-0.1, -0.05) is 0 Å². The van der Waals surface area contributed by atoms with Crippen LogP contribution >= 0.6 is 31.8 Å². The maximum atomic E-state index is 5.70. The van der Waals surface area contributed by atoms with Crippen LogP contribution in [0, 0.1) is 0 Å². The predicted octanol–water partition coefficient (Wildman–Crippen LogP) is 2.51. The van der Waals surface area contributed by atoms with Crippen LogP contribution < -0.4 is 4.46 Å². The summed E-state index contributed by atoms with van der Waals surface area (Å²) in [5.41, 5.74) is 0. The fraction of sp³-hybridized carbons (Fsp3) is 0. The summed E-state index contributed by atoms with van der Waals surface area (Å²) < 4.78 is 0.993. The molecule has 0 nitrogen and oxygen atoms in total. The Labute approximate surface area is 77.4 Å². The third-order valence-electron chi connectivity index (χ3n) is 0.992. The molecule has 0 bridgehead atoms. The molecule has 0 aliphatic rings. The summed E-state index contributed by atoms with van der Waals surface area (Å²) in [4.78, 5) is 0. The van der Waals surface area contributed by atoms with Crippen molar-refractivity contribution >= 4 is 48.3 Å². The van der Waals surface area contributed by atoms with Gasteiger partial charge in [-0.2, -0.15) is 0 Å². The molecule has 0 radical (unpaired) electrons. The van der Waals surface area contributed by atoms with E-state index >= 15 is 0 Å². The van der Waals surface area contributed by atoms with E-state index in [1.54, 1.807) is 12.1 Å². The topological polar surface area (TPSA) is 0 Å². The standard InChI is InChI=1S/C6H4Cl3Se/c7-5-1-3-6(4-2-5)10(8)9/h1-4H/q+1. The Morgan fingerprint density at radius 3 is 1.90 bits per heavy atom. The quantitative estimate of drug-likeness (QED) is 0.682.